The Kier molecular flexibility index (Phi) is 5.86. The highest BCUT2D eigenvalue weighted by Gasteiger charge is 2.24. The van der Waals surface area contributed by atoms with Gasteiger partial charge in [0.1, 0.15) is 0 Å². The lowest BCUT2D eigenvalue weighted by Crippen LogP contribution is -2.35. The minimum absolute atomic E-state index is 0.126. The molecule has 18 heavy (non-hydrogen) atoms. The molecule has 0 saturated carbocycles. The number of rotatable bonds is 6. The number of carbonyl (C=O) groups excluding carboxylic acids is 1. The molecule has 0 radical (unpaired) electrons. The summed E-state index contributed by atoms with van der Waals surface area (Å²) in [5.74, 6) is 0.171. The van der Waals surface area contributed by atoms with E-state index in [1.54, 1.807) is 0 Å². The van der Waals surface area contributed by atoms with Crippen LogP contribution in [-0.2, 0) is 9.53 Å². The number of esters is 1. The van der Waals surface area contributed by atoms with Crippen LogP contribution in [0.5, 0.6) is 0 Å². The van der Waals surface area contributed by atoms with E-state index in [0.717, 1.165) is 0 Å². The third kappa shape index (κ3) is 4.15. The number of hydrogen-bond donors (Lipinski definition) is 0. The Labute approximate surface area is 110 Å². The Hall–Kier alpha value is -1.35. The number of carbonyl (C=O) groups is 1. The molecule has 3 nitrogen and oxygen atoms in total. The van der Waals surface area contributed by atoms with E-state index < -0.39 is 0 Å². The summed E-state index contributed by atoms with van der Waals surface area (Å²) in [4.78, 5) is 13.7. The first kappa shape index (κ1) is 14.7. The first-order valence-electron chi connectivity index (χ1n) is 6.43. The summed E-state index contributed by atoms with van der Waals surface area (Å²) >= 11 is 0. The quantitative estimate of drug-likeness (QED) is 0.726. The van der Waals surface area contributed by atoms with E-state index in [9.17, 15) is 4.79 Å². The molecule has 0 aliphatic carbocycles. The van der Waals surface area contributed by atoms with Crippen molar-refractivity contribution < 1.29 is 9.53 Å². The van der Waals surface area contributed by atoms with Gasteiger partial charge in [0.15, 0.2) is 0 Å². The Morgan fingerprint density at radius 3 is 2.39 bits per heavy atom. The third-order valence-electron chi connectivity index (χ3n) is 3.25. The summed E-state index contributed by atoms with van der Waals surface area (Å²) < 4.78 is 5.04. The van der Waals surface area contributed by atoms with Crippen molar-refractivity contribution >= 4 is 5.97 Å². The fourth-order valence-electron chi connectivity index (χ4n) is 2.18. The molecular formula is C15H23NO2. The molecule has 0 amide bonds. The van der Waals surface area contributed by atoms with Crippen LogP contribution in [0, 0.1) is 0 Å². The van der Waals surface area contributed by atoms with Crippen molar-refractivity contribution in [1.29, 1.82) is 0 Å². The van der Waals surface area contributed by atoms with E-state index in [1.807, 2.05) is 39.2 Å². The standard InChI is InChI=1S/C15H23NO2/c1-5-18-15(17)11-14(16(3)4)12(2)13-9-7-6-8-10-13/h6-10,12,14H,5,11H2,1-4H3. The van der Waals surface area contributed by atoms with Crippen LogP contribution in [0.2, 0.25) is 0 Å². The SMILES string of the molecule is CCOC(=O)CC(C(C)c1ccccc1)N(C)C. The van der Waals surface area contributed by atoms with Gasteiger partial charge in [0.2, 0.25) is 0 Å². The third-order valence-corrected chi connectivity index (χ3v) is 3.25. The summed E-state index contributed by atoms with van der Waals surface area (Å²) in [7, 11) is 4.01. The van der Waals surface area contributed by atoms with Crippen LogP contribution in [0.3, 0.4) is 0 Å². The molecule has 100 valence electrons. The van der Waals surface area contributed by atoms with Crippen molar-refractivity contribution in [3.05, 3.63) is 35.9 Å². The normalized spacial score (nSPS) is 14.3. The highest BCUT2D eigenvalue weighted by molar-refractivity contribution is 5.70. The molecule has 0 aromatic heterocycles. The first-order chi connectivity index (χ1) is 8.56. The second kappa shape index (κ2) is 7.17. The topological polar surface area (TPSA) is 29.5 Å². The number of hydrogen-bond acceptors (Lipinski definition) is 3. The Morgan fingerprint density at radius 1 is 1.28 bits per heavy atom. The summed E-state index contributed by atoms with van der Waals surface area (Å²) in [6.45, 7) is 4.43. The van der Waals surface area contributed by atoms with Gasteiger partial charge in [-0.25, -0.2) is 0 Å². The molecule has 0 fully saturated rings. The Balaban J connectivity index is 2.76. The van der Waals surface area contributed by atoms with Crippen molar-refractivity contribution in [2.75, 3.05) is 20.7 Å². The van der Waals surface area contributed by atoms with Crippen LogP contribution in [0.4, 0.5) is 0 Å². The van der Waals surface area contributed by atoms with E-state index in [2.05, 4.69) is 24.0 Å². The molecule has 1 aromatic carbocycles. The van der Waals surface area contributed by atoms with E-state index in [1.165, 1.54) is 5.56 Å². The van der Waals surface area contributed by atoms with Gasteiger partial charge < -0.3 is 9.64 Å². The maximum Gasteiger partial charge on any atom is 0.307 e. The number of nitrogens with zero attached hydrogens (tertiary/aromatic N) is 1. The fraction of sp³-hybridized carbons (Fsp3) is 0.533. The zero-order valence-electron chi connectivity index (χ0n) is 11.7. The Morgan fingerprint density at radius 2 is 1.89 bits per heavy atom. The van der Waals surface area contributed by atoms with Crippen LogP contribution < -0.4 is 0 Å². The van der Waals surface area contributed by atoms with E-state index in [-0.39, 0.29) is 12.0 Å². The van der Waals surface area contributed by atoms with E-state index in [0.29, 0.717) is 18.9 Å². The van der Waals surface area contributed by atoms with Crippen molar-refractivity contribution in [1.82, 2.24) is 4.90 Å². The van der Waals surface area contributed by atoms with Crippen molar-refractivity contribution in [2.45, 2.75) is 32.2 Å². The minimum Gasteiger partial charge on any atom is -0.466 e. The monoisotopic (exact) mass is 249 g/mol. The molecule has 3 heteroatoms. The van der Waals surface area contributed by atoms with E-state index in [4.69, 9.17) is 4.74 Å². The lowest BCUT2D eigenvalue weighted by atomic mass is 9.90. The molecule has 0 spiro atoms. The second-order valence-corrected chi connectivity index (χ2v) is 4.74. The fourth-order valence-corrected chi connectivity index (χ4v) is 2.18. The largest absolute Gasteiger partial charge is 0.466 e. The average Bonchev–Trinajstić information content (AvgIpc) is 2.36. The number of likely N-dealkylation sites (N-methyl/N-ethyl adjacent to an activating group) is 1. The summed E-state index contributed by atoms with van der Waals surface area (Å²) in [6, 6.07) is 10.4. The van der Waals surface area contributed by atoms with E-state index >= 15 is 0 Å². The van der Waals surface area contributed by atoms with Gasteiger partial charge in [-0.2, -0.15) is 0 Å². The number of benzene rings is 1. The predicted octanol–water partition coefficient (Wildman–Crippen LogP) is 2.67. The van der Waals surface area contributed by atoms with Gasteiger partial charge in [0, 0.05) is 6.04 Å². The van der Waals surface area contributed by atoms with Gasteiger partial charge in [-0.1, -0.05) is 37.3 Å². The molecule has 0 heterocycles. The highest BCUT2D eigenvalue weighted by Crippen LogP contribution is 2.24. The van der Waals surface area contributed by atoms with Gasteiger partial charge in [0.25, 0.3) is 0 Å². The molecule has 1 aromatic rings. The zero-order chi connectivity index (χ0) is 13.5. The highest BCUT2D eigenvalue weighted by atomic mass is 16.5. The maximum absolute atomic E-state index is 11.6. The molecule has 0 aliphatic rings. The van der Waals surface area contributed by atoms with Crippen LogP contribution in [0.15, 0.2) is 30.3 Å². The molecule has 0 N–H and O–H groups in total. The molecule has 0 aliphatic heterocycles. The van der Waals surface area contributed by atoms with Crippen LogP contribution in [0.1, 0.15) is 31.7 Å². The molecular weight excluding hydrogens is 226 g/mol. The first-order valence-corrected chi connectivity index (χ1v) is 6.43. The lowest BCUT2D eigenvalue weighted by molar-refractivity contribution is -0.144. The van der Waals surface area contributed by atoms with Gasteiger partial charge in [-0.3, -0.25) is 4.79 Å². The zero-order valence-corrected chi connectivity index (χ0v) is 11.7. The molecule has 0 bridgehead atoms. The smallest absolute Gasteiger partial charge is 0.307 e. The van der Waals surface area contributed by atoms with Gasteiger partial charge in [-0.05, 0) is 32.5 Å². The predicted molar refractivity (Wildman–Crippen MR) is 73.6 cm³/mol. The van der Waals surface area contributed by atoms with Crippen LogP contribution in [-0.4, -0.2) is 37.6 Å². The van der Waals surface area contributed by atoms with Crippen LogP contribution >= 0.6 is 0 Å². The van der Waals surface area contributed by atoms with Crippen LogP contribution in [0.25, 0.3) is 0 Å². The lowest BCUT2D eigenvalue weighted by Gasteiger charge is -2.29. The minimum atomic E-state index is -0.126. The van der Waals surface area contributed by atoms with Gasteiger partial charge >= 0.3 is 5.97 Å². The molecule has 0 saturated heterocycles. The summed E-state index contributed by atoms with van der Waals surface area (Å²) in [5, 5.41) is 0. The number of ether oxygens (including phenoxy) is 1. The average molecular weight is 249 g/mol. The molecule has 1 rings (SSSR count). The van der Waals surface area contributed by atoms with Crippen molar-refractivity contribution in [3.63, 3.8) is 0 Å². The Bertz CT molecular complexity index is 362. The summed E-state index contributed by atoms with van der Waals surface area (Å²) in [5.41, 5.74) is 1.25. The van der Waals surface area contributed by atoms with Crippen molar-refractivity contribution in [3.8, 4) is 0 Å². The van der Waals surface area contributed by atoms with Crippen molar-refractivity contribution in [2.24, 2.45) is 0 Å². The maximum atomic E-state index is 11.6. The molecule has 2 unspecified atom stereocenters. The van der Waals surface area contributed by atoms with Gasteiger partial charge in [0.05, 0.1) is 13.0 Å². The van der Waals surface area contributed by atoms with Gasteiger partial charge in [-0.15, -0.1) is 0 Å². The summed E-state index contributed by atoms with van der Waals surface area (Å²) in [6.07, 6.45) is 0.427. The second-order valence-electron chi connectivity index (χ2n) is 4.74. The molecule has 2 atom stereocenters.